The van der Waals surface area contributed by atoms with E-state index < -0.39 is 0 Å². The molecule has 2 heterocycles. The fraction of sp³-hybridized carbons (Fsp3) is 0.238. The Morgan fingerprint density at radius 2 is 1.59 bits per heavy atom. The van der Waals surface area contributed by atoms with Gasteiger partial charge in [-0.15, -0.1) is 0 Å². The van der Waals surface area contributed by atoms with E-state index in [9.17, 15) is 14.0 Å². The molecule has 2 aromatic rings. The zero-order chi connectivity index (χ0) is 19.0. The normalized spacial score (nSPS) is 17.9. The van der Waals surface area contributed by atoms with E-state index in [-0.39, 0.29) is 17.6 Å². The first-order valence-corrected chi connectivity index (χ1v) is 9.75. The molecule has 0 radical (unpaired) electrons. The smallest absolute Gasteiger partial charge is 0.282 e. The van der Waals surface area contributed by atoms with Crippen LogP contribution in [0.2, 0.25) is 0 Å². The number of imide groups is 1. The molecule has 6 heteroatoms. The number of hydrogen-bond acceptors (Lipinski definition) is 3. The predicted molar refractivity (Wildman–Crippen MR) is 105 cm³/mol. The standard InChI is InChI=1S/C21H18BrFN2O2/c22-15-5-4-6-17(13-15)25-20(26)18(14-7-9-16(23)10-8-14)19(21(25)27)24-11-2-1-3-12-24/h4-10,13H,1-3,11-12H2. The molecule has 138 valence electrons. The molecule has 0 atom stereocenters. The van der Waals surface area contributed by atoms with E-state index in [2.05, 4.69) is 15.9 Å². The Morgan fingerprint density at radius 3 is 2.26 bits per heavy atom. The van der Waals surface area contributed by atoms with Gasteiger partial charge in [0.2, 0.25) is 0 Å². The first-order valence-electron chi connectivity index (χ1n) is 8.96. The first-order chi connectivity index (χ1) is 13.1. The predicted octanol–water partition coefficient (Wildman–Crippen LogP) is 4.36. The second kappa shape index (κ2) is 7.27. The molecular formula is C21H18BrFN2O2. The van der Waals surface area contributed by atoms with Crippen molar-refractivity contribution < 1.29 is 14.0 Å². The van der Waals surface area contributed by atoms with Gasteiger partial charge < -0.3 is 4.90 Å². The van der Waals surface area contributed by atoms with Gasteiger partial charge in [-0.2, -0.15) is 0 Å². The van der Waals surface area contributed by atoms with Crippen LogP contribution in [0.4, 0.5) is 10.1 Å². The van der Waals surface area contributed by atoms with Gasteiger partial charge in [-0.1, -0.05) is 34.1 Å². The van der Waals surface area contributed by atoms with Gasteiger partial charge in [0.1, 0.15) is 11.5 Å². The molecule has 0 unspecified atom stereocenters. The number of piperidine rings is 1. The minimum Gasteiger partial charge on any atom is -0.366 e. The van der Waals surface area contributed by atoms with Crippen LogP contribution in [0.3, 0.4) is 0 Å². The van der Waals surface area contributed by atoms with Crippen LogP contribution < -0.4 is 4.90 Å². The molecule has 27 heavy (non-hydrogen) atoms. The Hall–Kier alpha value is -2.47. The molecule has 0 N–H and O–H groups in total. The van der Waals surface area contributed by atoms with E-state index in [1.807, 2.05) is 11.0 Å². The fourth-order valence-electron chi connectivity index (χ4n) is 3.66. The molecule has 2 amide bonds. The Balaban J connectivity index is 1.83. The van der Waals surface area contributed by atoms with Crippen molar-refractivity contribution in [2.24, 2.45) is 0 Å². The van der Waals surface area contributed by atoms with Gasteiger partial charge >= 0.3 is 0 Å². The van der Waals surface area contributed by atoms with Gasteiger partial charge in [-0.05, 0) is 55.2 Å². The van der Waals surface area contributed by atoms with E-state index in [4.69, 9.17) is 0 Å². The average molecular weight is 429 g/mol. The van der Waals surface area contributed by atoms with Crippen molar-refractivity contribution in [3.05, 3.63) is 70.1 Å². The molecule has 0 saturated carbocycles. The number of amides is 2. The maximum atomic E-state index is 13.4. The van der Waals surface area contributed by atoms with Crippen LogP contribution in [0.25, 0.3) is 5.57 Å². The van der Waals surface area contributed by atoms with Crippen LogP contribution in [0.5, 0.6) is 0 Å². The molecular weight excluding hydrogens is 411 g/mol. The van der Waals surface area contributed by atoms with Crippen LogP contribution >= 0.6 is 15.9 Å². The first kappa shape index (κ1) is 17.9. The number of likely N-dealkylation sites (tertiary alicyclic amines) is 1. The SMILES string of the molecule is O=C1C(c2ccc(F)cc2)=C(N2CCCCC2)C(=O)N1c1cccc(Br)c1. The van der Waals surface area contributed by atoms with Crippen molar-refractivity contribution in [2.45, 2.75) is 19.3 Å². The molecule has 1 fully saturated rings. The van der Waals surface area contributed by atoms with Crippen LogP contribution in [0.1, 0.15) is 24.8 Å². The molecule has 0 bridgehead atoms. The van der Waals surface area contributed by atoms with Crippen LogP contribution in [-0.2, 0) is 9.59 Å². The lowest BCUT2D eigenvalue weighted by atomic mass is 10.0. The van der Waals surface area contributed by atoms with E-state index in [1.54, 1.807) is 30.3 Å². The number of hydrogen-bond donors (Lipinski definition) is 0. The maximum Gasteiger partial charge on any atom is 0.282 e. The summed E-state index contributed by atoms with van der Waals surface area (Å²) in [4.78, 5) is 29.8. The average Bonchev–Trinajstić information content (AvgIpc) is 2.93. The highest BCUT2D eigenvalue weighted by atomic mass is 79.9. The Kier molecular flexibility index (Phi) is 4.83. The number of halogens is 2. The largest absolute Gasteiger partial charge is 0.366 e. The lowest BCUT2D eigenvalue weighted by molar-refractivity contribution is -0.120. The number of carbonyl (C=O) groups excluding carboxylic acids is 2. The number of carbonyl (C=O) groups is 2. The van der Waals surface area contributed by atoms with Crippen molar-refractivity contribution in [1.82, 2.24) is 4.90 Å². The summed E-state index contributed by atoms with van der Waals surface area (Å²) in [6.45, 7) is 1.48. The van der Waals surface area contributed by atoms with E-state index >= 15 is 0 Å². The summed E-state index contributed by atoms with van der Waals surface area (Å²) in [7, 11) is 0. The molecule has 1 saturated heterocycles. The van der Waals surface area contributed by atoms with Gasteiger partial charge in [0, 0.05) is 17.6 Å². The molecule has 0 aliphatic carbocycles. The molecule has 2 aliphatic heterocycles. The zero-order valence-electron chi connectivity index (χ0n) is 14.6. The third-order valence-corrected chi connectivity index (χ3v) is 5.42. The van der Waals surface area contributed by atoms with E-state index in [1.165, 1.54) is 17.0 Å². The third kappa shape index (κ3) is 3.30. The summed E-state index contributed by atoms with van der Waals surface area (Å²) in [6, 6.07) is 12.9. The summed E-state index contributed by atoms with van der Waals surface area (Å²) in [5.41, 5.74) is 1.85. The Labute approximate surface area is 165 Å². The van der Waals surface area contributed by atoms with Gasteiger partial charge in [-0.25, -0.2) is 9.29 Å². The van der Waals surface area contributed by atoms with E-state index in [0.717, 1.165) is 36.8 Å². The summed E-state index contributed by atoms with van der Waals surface area (Å²) >= 11 is 3.39. The minimum absolute atomic E-state index is 0.320. The Morgan fingerprint density at radius 1 is 0.889 bits per heavy atom. The molecule has 4 nitrogen and oxygen atoms in total. The van der Waals surface area contributed by atoms with Gasteiger partial charge in [-0.3, -0.25) is 9.59 Å². The summed E-state index contributed by atoms with van der Waals surface area (Å²) in [5, 5.41) is 0. The number of rotatable bonds is 3. The van der Waals surface area contributed by atoms with Crippen LogP contribution in [0.15, 0.2) is 58.7 Å². The lowest BCUT2D eigenvalue weighted by Gasteiger charge is -2.29. The maximum absolute atomic E-state index is 13.4. The van der Waals surface area contributed by atoms with Gasteiger partial charge in [0.25, 0.3) is 11.8 Å². The highest BCUT2D eigenvalue weighted by Crippen LogP contribution is 2.36. The Bertz CT molecular complexity index is 933. The molecule has 0 spiro atoms. The zero-order valence-corrected chi connectivity index (χ0v) is 16.2. The summed E-state index contributed by atoms with van der Waals surface area (Å²) in [5.74, 6) is -1.07. The van der Waals surface area contributed by atoms with Crippen molar-refractivity contribution in [1.29, 1.82) is 0 Å². The summed E-state index contributed by atoms with van der Waals surface area (Å²) < 4.78 is 14.2. The van der Waals surface area contributed by atoms with E-state index in [0.29, 0.717) is 22.5 Å². The topological polar surface area (TPSA) is 40.6 Å². The van der Waals surface area contributed by atoms with Crippen molar-refractivity contribution in [3.63, 3.8) is 0 Å². The monoisotopic (exact) mass is 428 g/mol. The van der Waals surface area contributed by atoms with Gasteiger partial charge in [0.15, 0.2) is 0 Å². The number of anilines is 1. The number of benzene rings is 2. The molecule has 2 aliphatic rings. The molecule has 2 aromatic carbocycles. The second-order valence-corrected chi connectivity index (χ2v) is 7.62. The summed E-state index contributed by atoms with van der Waals surface area (Å²) in [6.07, 6.45) is 3.09. The van der Waals surface area contributed by atoms with Crippen molar-refractivity contribution in [3.8, 4) is 0 Å². The third-order valence-electron chi connectivity index (χ3n) is 4.93. The minimum atomic E-state index is -0.375. The quantitative estimate of drug-likeness (QED) is 0.681. The lowest BCUT2D eigenvalue weighted by Crippen LogP contribution is -2.37. The van der Waals surface area contributed by atoms with Crippen LogP contribution in [0, 0.1) is 5.82 Å². The molecule has 4 rings (SSSR count). The highest BCUT2D eigenvalue weighted by molar-refractivity contribution is 9.10. The fourth-order valence-corrected chi connectivity index (χ4v) is 4.04. The van der Waals surface area contributed by atoms with Crippen molar-refractivity contribution in [2.75, 3.05) is 18.0 Å². The highest BCUT2D eigenvalue weighted by Gasteiger charge is 2.42. The second-order valence-electron chi connectivity index (χ2n) is 6.70. The van der Waals surface area contributed by atoms with Gasteiger partial charge in [0.05, 0.1) is 11.3 Å². The molecule has 0 aromatic heterocycles. The number of nitrogens with zero attached hydrogens (tertiary/aromatic N) is 2. The van der Waals surface area contributed by atoms with Crippen molar-refractivity contribution >= 4 is 39.0 Å². The van der Waals surface area contributed by atoms with Crippen LogP contribution in [-0.4, -0.2) is 29.8 Å².